The second-order valence-electron chi connectivity index (χ2n) is 2.74. The van der Waals surface area contributed by atoms with Gasteiger partial charge in [0.05, 0.1) is 12.9 Å². The maximum absolute atomic E-state index is 11.1. The standard InChI is InChI=1S/C9H9N3O3S/c1-2-14-9(13)10-8-12-11-7(16-8)6-4-3-5-15-6/h3-5H,2H2,1H3,(H,10,12,13). The van der Waals surface area contributed by atoms with E-state index in [4.69, 9.17) is 9.15 Å². The molecule has 0 atom stereocenters. The van der Waals surface area contributed by atoms with Gasteiger partial charge in [-0.15, -0.1) is 10.2 Å². The molecule has 1 N–H and O–H groups in total. The Kier molecular flexibility index (Phi) is 3.16. The van der Waals surface area contributed by atoms with Crippen LogP contribution < -0.4 is 5.32 Å². The Labute approximate surface area is 95.3 Å². The van der Waals surface area contributed by atoms with Crippen molar-refractivity contribution < 1.29 is 13.9 Å². The molecule has 2 aromatic heterocycles. The molecule has 2 heterocycles. The van der Waals surface area contributed by atoms with Crippen LogP contribution in [0.15, 0.2) is 22.8 Å². The molecule has 0 radical (unpaired) electrons. The van der Waals surface area contributed by atoms with E-state index < -0.39 is 6.09 Å². The van der Waals surface area contributed by atoms with Gasteiger partial charge < -0.3 is 9.15 Å². The van der Waals surface area contributed by atoms with Crippen LogP contribution in [0, 0.1) is 0 Å². The zero-order valence-electron chi connectivity index (χ0n) is 8.47. The van der Waals surface area contributed by atoms with E-state index in [0.717, 1.165) is 0 Å². The van der Waals surface area contributed by atoms with Gasteiger partial charge in [-0.25, -0.2) is 4.79 Å². The van der Waals surface area contributed by atoms with Crippen molar-refractivity contribution in [3.63, 3.8) is 0 Å². The quantitative estimate of drug-likeness (QED) is 0.889. The Morgan fingerprint density at radius 3 is 3.19 bits per heavy atom. The molecule has 0 unspecified atom stereocenters. The molecule has 0 bridgehead atoms. The smallest absolute Gasteiger partial charge is 0.413 e. The summed E-state index contributed by atoms with van der Waals surface area (Å²) in [6.07, 6.45) is 1.01. The Morgan fingerprint density at radius 2 is 2.50 bits per heavy atom. The van der Waals surface area contributed by atoms with E-state index in [9.17, 15) is 4.79 Å². The van der Waals surface area contributed by atoms with Gasteiger partial charge in [0.1, 0.15) is 0 Å². The summed E-state index contributed by atoms with van der Waals surface area (Å²) in [6.45, 7) is 2.05. The zero-order chi connectivity index (χ0) is 11.4. The summed E-state index contributed by atoms with van der Waals surface area (Å²) in [4.78, 5) is 11.1. The first kappa shape index (κ1) is 10.6. The first-order chi connectivity index (χ1) is 7.79. The SMILES string of the molecule is CCOC(=O)Nc1nnc(-c2ccco2)s1. The predicted octanol–water partition coefficient (Wildman–Crippen LogP) is 2.37. The summed E-state index contributed by atoms with van der Waals surface area (Å²) in [5.41, 5.74) is 0. The molecule has 0 saturated carbocycles. The number of furan rings is 1. The number of nitrogens with one attached hydrogen (secondary N) is 1. The Bertz CT molecular complexity index is 466. The van der Waals surface area contributed by atoms with Crippen molar-refractivity contribution in [3.05, 3.63) is 18.4 Å². The van der Waals surface area contributed by atoms with E-state index in [1.807, 2.05) is 0 Å². The largest absolute Gasteiger partial charge is 0.462 e. The Morgan fingerprint density at radius 1 is 1.62 bits per heavy atom. The van der Waals surface area contributed by atoms with E-state index >= 15 is 0 Å². The van der Waals surface area contributed by atoms with Gasteiger partial charge in [-0.3, -0.25) is 5.32 Å². The van der Waals surface area contributed by atoms with Crippen LogP contribution in [0.1, 0.15) is 6.92 Å². The number of amides is 1. The maximum Gasteiger partial charge on any atom is 0.413 e. The third kappa shape index (κ3) is 2.37. The first-order valence-electron chi connectivity index (χ1n) is 4.60. The summed E-state index contributed by atoms with van der Waals surface area (Å²) in [5, 5.41) is 11.1. The third-order valence-corrected chi connectivity index (χ3v) is 2.49. The number of hydrogen-bond donors (Lipinski definition) is 1. The van der Waals surface area contributed by atoms with Crippen molar-refractivity contribution in [2.45, 2.75) is 6.92 Å². The molecular formula is C9H9N3O3S. The number of ether oxygens (including phenoxy) is 1. The number of nitrogens with zero attached hydrogens (tertiary/aromatic N) is 2. The van der Waals surface area contributed by atoms with Crippen LogP contribution >= 0.6 is 11.3 Å². The molecule has 6 nitrogen and oxygen atoms in total. The average Bonchev–Trinajstić information content (AvgIpc) is 2.86. The number of aromatic nitrogens is 2. The van der Waals surface area contributed by atoms with Crippen LogP contribution in [0.2, 0.25) is 0 Å². The molecule has 0 aromatic carbocycles. The minimum Gasteiger partial charge on any atom is -0.462 e. The van der Waals surface area contributed by atoms with E-state index in [2.05, 4.69) is 15.5 Å². The molecule has 16 heavy (non-hydrogen) atoms. The summed E-state index contributed by atoms with van der Waals surface area (Å²) in [5.74, 6) is 0.620. The summed E-state index contributed by atoms with van der Waals surface area (Å²) >= 11 is 1.22. The maximum atomic E-state index is 11.1. The first-order valence-corrected chi connectivity index (χ1v) is 5.42. The van der Waals surface area contributed by atoms with Gasteiger partial charge in [0, 0.05) is 0 Å². The van der Waals surface area contributed by atoms with Gasteiger partial charge in [0.2, 0.25) is 5.13 Å². The second kappa shape index (κ2) is 4.75. The van der Waals surface area contributed by atoms with Crippen molar-refractivity contribution >= 4 is 22.6 Å². The van der Waals surface area contributed by atoms with Gasteiger partial charge in [-0.1, -0.05) is 11.3 Å². The van der Waals surface area contributed by atoms with E-state index in [-0.39, 0.29) is 0 Å². The minimum atomic E-state index is -0.537. The fourth-order valence-electron chi connectivity index (χ4n) is 1.03. The summed E-state index contributed by atoms with van der Waals surface area (Å²) in [6, 6.07) is 3.53. The number of carbonyl (C=O) groups is 1. The lowest BCUT2D eigenvalue weighted by molar-refractivity contribution is 0.168. The lowest BCUT2D eigenvalue weighted by Gasteiger charge is -1.99. The molecule has 0 aliphatic rings. The van der Waals surface area contributed by atoms with Crippen LogP contribution in [0.25, 0.3) is 10.8 Å². The van der Waals surface area contributed by atoms with Gasteiger partial charge in [0.15, 0.2) is 10.8 Å². The number of hydrogen-bond acceptors (Lipinski definition) is 6. The second-order valence-corrected chi connectivity index (χ2v) is 3.71. The molecule has 0 saturated heterocycles. The van der Waals surface area contributed by atoms with Crippen molar-refractivity contribution in [2.24, 2.45) is 0 Å². The van der Waals surface area contributed by atoms with E-state index in [1.54, 1.807) is 25.3 Å². The van der Waals surface area contributed by atoms with Gasteiger partial charge >= 0.3 is 6.09 Å². The number of carbonyl (C=O) groups excluding carboxylic acids is 1. The molecule has 1 amide bonds. The van der Waals surface area contributed by atoms with Crippen molar-refractivity contribution in [1.82, 2.24) is 10.2 Å². The Balaban J connectivity index is 2.06. The molecule has 7 heteroatoms. The molecule has 2 rings (SSSR count). The van der Waals surface area contributed by atoms with E-state index in [1.165, 1.54) is 11.3 Å². The number of anilines is 1. The highest BCUT2D eigenvalue weighted by atomic mass is 32.1. The zero-order valence-corrected chi connectivity index (χ0v) is 9.28. The van der Waals surface area contributed by atoms with Gasteiger partial charge in [-0.2, -0.15) is 0 Å². The highest BCUT2D eigenvalue weighted by Gasteiger charge is 2.11. The highest BCUT2D eigenvalue weighted by Crippen LogP contribution is 2.26. The van der Waals surface area contributed by atoms with Crippen molar-refractivity contribution in [3.8, 4) is 10.8 Å². The normalized spacial score (nSPS) is 10.1. The van der Waals surface area contributed by atoms with Crippen LogP contribution in [-0.4, -0.2) is 22.9 Å². The topological polar surface area (TPSA) is 77.2 Å². The van der Waals surface area contributed by atoms with E-state index in [0.29, 0.717) is 22.5 Å². The summed E-state index contributed by atoms with van der Waals surface area (Å²) < 4.78 is 9.86. The van der Waals surface area contributed by atoms with Crippen LogP contribution in [0.4, 0.5) is 9.93 Å². The molecule has 0 spiro atoms. The molecule has 2 aromatic rings. The molecule has 0 aliphatic carbocycles. The van der Waals surface area contributed by atoms with Crippen LogP contribution in [-0.2, 0) is 4.74 Å². The summed E-state index contributed by atoms with van der Waals surface area (Å²) in [7, 11) is 0. The predicted molar refractivity (Wildman–Crippen MR) is 58.3 cm³/mol. The monoisotopic (exact) mass is 239 g/mol. The number of rotatable bonds is 3. The van der Waals surface area contributed by atoms with Crippen LogP contribution in [0.5, 0.6) is 0 Å². The molecule has 0 fully saturated rings. The Hall–Kier alpha value is -1.89. The third-order valence-electron chi connectivity index (χ3n) is 1.64. The van der Waals surface area contributed by atoms with Crippen LogP contribution in [0.3, 0.4) is 0 Å². The molecule has 84 valence electrons. The van der Waals surface area contributed by atoms with Crippen molar-refractivity contribution in [2.75, 3.05) is 11.9 Å². The molecular weight excluding hydrogens is 230 g/mol. The van der Waals surface area contributed by atoms with Gasteiger partial charge in [-0.05, 0) is 19.1 Å². The fourth-order valence-corrected chi connectivity index (χ4v) is 1.73. The lowest BCUT2D eigenvalue weighted by atomic mass is 10.5. The highest BCUT2D eigenvalue weighted by molar-refractivity contribution is 7.18. The minimum absolute atomic E-state index is 0.315. The lowest BCUT2D eigenvalue weighted by Crippen LogP contribution is -2.12. The van der Waals surface area contributed by atoms with Gasteiger partial charge in [0.25, 0.3) is 0 Å². The van der Waals surface area contributed by atoms with Crippen molar-refractivity contribution in [1.29, 1.82) is 0 Å². The fraction of sp³-hybridized carbons (Fsp3) is 0.222. The molecule has 0 aliphatic heterocycles. The average molecular weight is 239 g/mol.